The second-order valence-electron chi connectivity index (χ2n) is 5.64. The molecule has 1 aromatic carbocycles. The van der Waals surface area contributed by atoms with Crippen LogP contribution in [-0.4, -0.2) is 22.3 Å². The molecule has 3 rings (SSSR count). The second-order valence-corrected chi connectivity index (χ2v) is 5.64. The van der Waals surface area contributed by atoms with E-state index in [1.54, 1.807) is 18.2 Å². The highest BCUT2D eigenvalue weighted by Gasteiger charge is 2.51. The molecule has 1 aliphatic heterocycles. The van der Waals surface area contributed by atoms with Crippen LogP contribution in [0.4, 0.5) is 5.69 Å². The zero-order valence-electron chi connectivity index (χ0n) is 10.6. The van der Waals surface area contributed by atoms with E-state index in [0.717, 1.165) is 12.8 Å². The number of imide groups is 1. The molecule has 4 heteroatoms. The number of hydrogen-bond acceptors (Lipinski definition) is 3. The van der Waals surface area contributed by atoms with E-state index in [4.69, 9.17) is 5.73 Å². The fourth-order valence-electron chi connectivity index (χ4n) is 2.81. The SMILES string of the molecule is CC(C)(C1CC1)N1C(=O)c2cccc(N)c2C1=O. The van der Waals surface area contributed by atoms with Crippen LogP contribution >= 0.6 is 0 Å². The van der Waals surface area contributed by atoms with Gasteiger partial charge in [-0.25, -0.2) is 0 Å². The fourth-order valence-corrected chi connectivity index (χ4v) is 2.81. The van der Waals surface area contributed by atoms with Gasteiger partial charge in [0.15, 0.2) is 0 Å². The Labute approximate surface area is 106 Å². The van der Waals surface area contributed by atoms with Gasteiger partial charge in [-0.15, -0.1) is 0 Å². The molecule has 94 valence electrons. The Kier molecular flexibility index (Phi) is 2.09. The Morgan fingerprint density at radius 2 is 1.89 bits per heavy atom. The first-order chi connectivity index (χ1) is 8.44. The maximum absolute atomic E-state index is 12.4. The van der Waals surface area contributed by atoms with Gasteiger partial charge in [0.05, 0.1) is 11.1 Å². The summed E-state index contributed by atoms with van der Waals surface area (Å²) >= 11 is 0. The maximum atomic E-state index is 12.4. The number of benzene rings is 1. The van der Waals surface area contributed by atoms with Crippen LogP contribution in [0.25, 0.3) is 0 Å². The van der Waals surface area contributed by atoms with Gasteiger partial charge in [-0.3, -0.25) is 14.5 Å². The van der Waals surface area contributed by atoms with Gasteiger partial charge in [0.1, 0.15) is 0 Å². The minimum Gasteiger partial charge on any atom is -0.398 e. The Morgan fingerprint density at radius 3 is 2.44 bits per heavy atom. The lowest BCUT2D eigenvalue weighted by Gasteiger charge is -2.34. The van der Waals surface area contributed by atoms with Gasteiger partial charge >= 0.3 is 0 Å². The monoisotopic (exact) mass is 244 g/mol. The van der Waals surface area contributed by atoms with Crippen molar-refractivity contribution in [3.05, 3.63) is 29.3 Å². The minimum atomic E-state index is -0.417. The number of fused-ring (bicyclic) bond motifs is 1. The third kappa shape index (κ3) is 1.32. The first-order valence-corrected chi connectivity index (χ1v) is 6.22. The Bertz CT molecular complexity index is 559. The van der Waals surface area contributed by atoms with Crippen LogP contribution in [0.2, 0.25) is 0 Å². The van der Waals surface area contributed by atoms with E-state index in [0.29, 0.717) is 22.7 Å². The summed E-state index contributed by atoms with van der Waals surface area (Å²) < 4.78 is 0. The summed E-state index contributed by atoms with van der Waals surface area (Å²) in [5.41, 5.74) is 6.60. The summed E-state index contributed by atoms with van der Waals surface area (Å²) in [4.78, 5) is 26.2. The Morgan fingerprint density at radius 1 is 1.22 bits per heavy atom. The second kappa shape index (κ2) is 3.34. The maximum Gasteiger partial charge on any atom is 0.264 e. The van der Waals surface area contributed by atoms with Gasteiger partial charge in [-0.2, -0.15) is 0 Å². The predicted octanol–water partition coefficient (Wildman–Crippen LogP) is 2.05. The lowest BCUT2D eigenvalue weighted by molar-refractivity contribution is 0.0443. The molecule has 1 aromatic rings. The number of carbonyl (C=O) groups excluding carboxylic acids is 2. The largest absolute Gasteiger partial charge is 0.398 e. The molecular formula is C14H16N2O2. The highest BCUT2D eigenvalue weighted by Crippen LogP contribution is 2.45. The highest BCUT2D eigenvalue weighted by molar-refractivity contribution is 6.24. The van der Waals surface area contributed by atoms with E-state index in [-0.39, 0.29) is 11.8 Å². The van der Waals surface area contributed by atoms with Crippen molar-refractivity contribution in [2.45, 2.75) is 32.2 Å². The minimum absolute atomic E-state index is 0.209. The number of nitrogen functional groups attached to an aromatic ring is 1. The third-order valence-electron chi connectivity index (χ3n) is 4.10. The van der Waals surface area contributed by atoms with Crippen molar-refractivity contribution in [3.8, 4) is 0 Å². The summed E-state index contributed by atoms with van der Waals surface area (Å²) in [6.07, 6.45) is 2.16. The molecule has 2 amide bonds. The molecule has 0 atom stereocenters. The van der Waals surface area contributed by atoms with E-state index in [9.17, 15) is 9.59 Å². The molecule has 0 radical (unpaired) electrons. The van der Waals surface area contributed by atoms with Gasteiger partial charge in [0.25, 0.3) is 11.8 Å². The lowest BCUT2D eigenvalue weighted by Crippen LogP contribution is -2.49. The first kappa shape index (κ1) is 11.3. The van der Waals surface area contributed by atoms with Crippen LogP contribution in [0.15, 0.2) is 18.2 Å². The number of nitrogens with zero attached hydrogens (tertiary/aromatic N) is 1. The number of amides is 2. The molecule has 18 heavy (non-hydrogen) atoms. The summed E-state index contributed by atoms with van der Waals surface area (Å²) in [7, 11) is 0. The van der Waals surface area contributed by atoms with Gasteiger partial charge < -0.3 is 5.73 Å². The molecule has 0 unspecified atom stereocenters. The van der Waals surface area contributed by atoms with E-state index in [2.05, 4.69) is 0 Å². The van der Waals surface area contributed by atoms with E-state index >= 15 is 0 Å². The lowest BCUT2D eigenvalue weighted by atomic mass is 9.96. The molecule has 0 aromatic heterocycles. The number of hydrogen-bond donors (Lipinski definition) is 1. The van der Waals surface area contributed by atoms with Crippen molar-refractivity contribution in [3.63, 3.8) is 0 Å². The summed E-state index contributed by atoms with van der Waals surface area (Å²) in [6, 6.07) is 5.06. The van der Waals surface area contributed by atoms with Crippen LogP contribution in [0.1, 0.15) is 47.4 Å². The van der Waals surface area contributed by atoms with Crippen molar-refractivity contribution >= 4 is 17.5 Å². The quantitative estimate of drug-likeness (QED) is 0.639. The summed E-state index contributed by atoms with van der Waals surface area (Å²) in [5, 5.41) is 0. The molecule has 0 spiro atoms. The molecule has 4 nitrogen and oxygen atoms in total. The number of nitrogens with two attached hydrogens (primary N) is 1. The van der Waals surface area contributed by atoms with Crippen LogP contribution in [-0.2, 0) is 0 Å². The predicted molar refractivity (Wildman–Crippen MR) is 68.2 cm³/mol. The van der Waals surface area contributed by atoms with Crippen LogP contribution in [0.5, 0.6) is 0 Å². The van der Waals surface area contributed by atoms with Crippen LogP contribution in [0, 0.1) is 5.92 Å². The van der Waals surface area contributed by atoms with E-state index < -0.39 is 5.54 Å². The van der Waals surface area contributed by atoms with E-state index in [1.165, 1.54) is 4.90 Å². The smallest absolute Gasteiger partial charge is 0.264 e. The average molecular weight is 244 g/mol. The normalized spacial score (nSPS) is 19.3. The zero-order chi connectivity index (χ0) is 13.1. The molecule has 1 saturated carbocycles. The van der Waals surface area contributed by atoms with Gasteiger partial charge in [-0.1, -0.05) is 6.07 Å². The van der Waals surface area contributed by atoms with Gasteiger partial charge in [0, 0.05) is 11.2 Å². The van der Waals surface area contributed by atoms with Crippen molar-refractivity contribution in [1.29, 1.82) is 0 Å². The van der Waals surface area contributed by atoms with E-state index in [1.807, 2.05) is 13.8 Å². The topological polar surface area (TPSA) is 63.4 Å². The Hall–Kier alpha value is -1.84. The average Bonchev–Trinajstić information content (AvgIpc) is 3.08. The zero-order valence-corrected chi connectivity index (χ0v) is 10.6. The molecule has 2 N–H and O–H groups in total. The van der Waals surface area contributed by atoms with Gasteiger partial charge in [-0.05, 0) is 44.7 Å². The van der Waals surface area contributed by atoms with Crippen molar-refractivity contribution in [2.75, 3.05) is 5.73 Å². The molecule has 1 aliphatic carbocycles. The molecule has 0 bridgehead atoms. The molecule has 1 heterocycles. The van der Waals surface area contributed by atoms with Crippen molar-refractivity contribution in [1.82, 2.24) is 4.90 Å². The molecular weight excluding hydrogens is 228 g/mol. The molecule has 2 aliphatic rings. The Balaban J connectivity index is 2.10. The fraction of sp³-hybridized carbons (Fsp3) is 0.429. The van der Waals surface area contributed by atoms with Crippen molar-refractivity contribution in [2.24, 2.45) is 5.92 Å². The first-order valence-electron chi connectivity index (χ1n) is 6.22. The van der Waals surface area contributed by atoms with Crippen LogP contribution in [0.3, 0.4) is 0 Å². The number of carbonyl (C=O) groups is 2. The van der Waals surface area contributed by atoms with Crippen LogP contribution < -0.4 is 5.73 Å². The van der Waals surface area contributed by atoms with Gasteiger partial charge in [0.2, 0.25) is 0 Å². The standard InChI is InChI=1S/C14H16N2O2/c1-14(2,8-6-7-8)16-12(17)9-4-3-5-10(15)11(9)13(16)18/h3-5,8H,6-7,15H2,1-2H3. The number of rotatable bonds is 2. The molecule has 1 fully saturated rings. The highest BCUT2D eigenvalue weighted by atomic mass is 16.2. The van der Waals surface area contributed by atoms with Crippen molar-refractivity contribution < 1.29 is 9.59 Å². The molecule has 0 saturated heterocycles. The number of anilines is 1. The third-order valence-corrected chi connectivity index (χ3v) is 4.10. The summed E-state index contributed by atoms with van der Waals surface area (Å²) in [6.45, 7) is 3.92. The summed E-state index contributed by atoms with van der Waals surface area (Å²) in [5.74, 6) is -0.0369.